The Morgan fingerprint density at radius 3 is 2.77 bits per heavy atom. The topological polar surface area (TPSA) is 45.7 Å². The number of ether oxygens (including phenoxy) is 1. The Hall–Kier alpha value is -1.93. The average Bonchev–Trinajstić information content (AvgIpc) is 3.23. The molecule has 164 valence electrons. The normalized spacial score (nSPS) is 14.7. The molecule has 31 heavy (non-hydrogen) atoms. The summed E-state index contributed by atoms with van der Waals surface area (Å²) in [5, 5.41) is 0.811. The molecule has 4 rings (SSSR count). The van der Waals surface area contributed by atoms with Crippen LogP contribution in [0.25, 0.3) is 10.2 Å². The van der Waals surface area contributed by atoms with Gasteiger partial charge in [0.2, 0.25) is 5.91 Å². The van der Waals surface area contributed by atoms with Crippen LogP contribution < -0.4 is 4.90 Å². The first-order valence-corrected chi connectivity index (χ1v) is 12.7. The molecule has 5 nitrogen and oxygen atoms in total. The zero-order valence-electron chi connectivity index (χ0n) is 18.0. The van der Waals surface area contributed by atoms with Gasteiger partial charge in [-0.2, -0.15) is 0 Å². The monoisotopic (exact) mass is 455 g/mol. The van der Waals surface area contributed by atoms with Gasteiger partial charge in [-0.25, -0.2) is 4.98 Å². The van der Waals surface area contributed by atoms with Crippen LogP contribution in [-0.2, 0) is 16.0 Å². The third-order valence-corrected chi connectivity index (χ3v) is 7.51. The molecule has 0 bridgehead atoms. The SMILES string of the molecule is CCc1ccc2nc(N(CCN3CCOCC3)C(=O)CCSc3ccccc3)sc2c1. The number of morpholine rings is 1. The number of anilines is 1. The highest BCUT2D eigenvalue weighted by atomic mass is 32.2. The molecule has 1 fully saturated rings. The fourth-order valence-electron chi connectivity index (χ4n) is 3.59. The summed E-state index contributed by atoms with van der Waals surface area (Å²) in [7, 11) is 0. The van der Waals surface area contributed by atoms with E-state index in [0.29, 0.717) is 13.0 Å². The molecule has 7 heteroatoms. The third-order valence-electron chi connectivity index (χ3n) is 5.45. The van der Waals surface area contributed by atoms with Gasteiger partial charge < -0.3 is 4.74 Å². The molecule has 2 heterocycles. The Balaban J connectivity index is 1.46. The Morgan fingerprint density at radius 2 is 2.00 bits per heavy atom. The second-order valence-corrected chi connectivity index (χ2v) is 9.74. The second kappa shape index (κ2) is 11.1. The van der Waals surface area contributed by atoms with Crippen LogP contribution in [0.15, 0.2) is 53.4 Å². The van der Waals surface area contributed by atoms with E-state index in [1.165, 1.54) is 10.5 Å². The van der Waals surface area contributed by atoms with Gasteiger partial charge >= 0.3 is 0 Å². The Labute approximate surface area is 192 Å². The molecule has 2 aromatic carbocycles. The van der Waals surface area contributed by atoms with E-state index < -0.39 is 0 Å². The van der Waals surface area contributed by atoms with Crippen LogP contribution in [-0.4, -0.2) is 60.9 Å². The summed E-state index contributed by atoms with van der Waals surface area (Å²) >= 11 is 3.35. The van der Waals surface area contributed by atoms with Crippen molar-refractivity contribution in [3.63, 3.8) is 0 Å². The van der Waals surface area contributed by atoms with E-state index in [9.17, 15) is 4.79 Å². The zero-order valence-corrected chi connectivity index (χ0v) is 19.6. The fourth-order valence-corrected chi connectivity index (χ4v) is 5.53. The quantitative estimate of drug-likeness (QED) is 0.438. The van der Waals surface area contributed by atoms with Gasteiger partial charge in [0.25, 0.3) is 0 Å². The number of amides is 1. The van der Waals surface area contributed by atoms with Crippen LogP contribution >= 0.6 is 23.1 Å². The van der Waals surface area contributed by atoms with Gasteiger partial charge in [0.15, 0.2) is 5.13 Å². The number of carbonyl (C=O) groups excluding carboxylic acids is 1. The number of carbonyl (C=O) groups is 1. The minimum Gasteiger partial charge on any atom is -0.379 e. The van der Waals surface area contributed by atoms with Crippen molar-refractivity contribution in [1.29, 1.82) is 0 Å². The summed E-state index contributed by atoms with van der Waals surface area (Å²) in [6.45, 7) is 7.04. The average molecular weight is 456 g/mol. The van der Waals surface area contributed by atoms with Crippen LogP contribution in [0.1, 0.15) is 18.9 Å². The number of rotatable bonds is 9. The highest BCUT2D eigenvalue weighted by molar-refractivity contribution is 7.99. The molecule has 1 saturated heterocycles. The van der Waals surface area contributed by atoms with Gasteiger partial charge in [-0.3, -0.25) is 14.6 Å². The van der Waals surface area contributed by atoms with Crippen molar-refractivity contribution >= 4 is 44.4 Å². The minimum atomic E-state index is 0.145. The van der Waals surface area contributed by atoms with Crippen molar-refractivity contribution in [1.82, 2.24) is 9.88 Å². The molecule has 1 aliphatic rings. The summed E-state index contributed by atoms with van der Waals surface area (Å²) in [5.74, 6) is 0.911. The summed E-state index contributed by atoms with van der Waals surface area (Å²) in [5.41, 5.74) is 2.27. The lowest BCUT2D eigenvalue weighted by atomic mass is 10.2. The van der Waals surface area contributed by atoms with Crippen molar-refractivity contribution in [2.45, 2.75) is 24.7 Å². The van der Waals surface area contributed by atoms with E-state index in [0.717, 1.165) is 60.4 Å². The van der Waals surface area contributed by atoms with Gasteiger partial charge in [0, 0.05) is 43.2 Å². The first-order valence-electron chi connectivity index (χ1n) is 10.9. The molecule has 0 N–H and O–H groups in total. The van der Waals surface area contributed by atoms with Gasteiger partial charge in [0.05, 0.1) is 23.4 Å². The van der Waals surface area contributed by atoms with E-state index in [-0.39, 0.29) is 5.91 Å². The first-order chi connectivity index (χ1) is 15.2. The molecule has 0 spiro atoms. The molecular weight excluding hydrogens is 426 g/mol. The molecule has 1 aliphatic heterocycles. The van der Waals surface area contributed by atoms with E-state index in [1.54, 1.807) is 23.1 Å². The van der Waals surface area contributed by atoms with Crippen molar-refractivity contribution in [3.8, 4) is 0 Å². The largest absolute Gasteiger partial charge is 0.379 e. The molecule has 0 aliphatic carbocycles. The highest BCUT2D eigenvalue weighted by Crippen LogP contribution is 2.30. The molecule has 0 unspecified atom stereocenters. The maximum Gasteiger partial charge on any atom is 0.229 e. The summed E-state index contributed by atoms with van der Waals surface area (Å²) in [4.78, 5) is 23.5. The molecule has 3 aromatic rings. The first kappa shape index (κ1) is 22.3. The number of hydrogen-bond donors (Lipinski definition) is 0. The van der Waals surface area contributed by atoms with Crippen LogP contribution in [0.5, 0.6) is 0 Å². The van der Waals surface area contributed by atoms with Crippen molar-refractivity contribution < 1.29 is 9.53 Å². The van der Waals surface area contributed by atoms with E-state index in [1.807, 2.05) is 23.1 Å². The Morgan fingerprint density at radius 1 is 1.19 bits per heavy atom. The summed E-state index contributed by atoms with van der Waals surface area (Å²) < 4.78 is 6.61. The number of aromatic nitrogens is 1. The molecule has 0 saturated carbocycles. The smallest absolute Gasteiger partial charge is 0.229 e. The lowest BCUT2D eigenvalue weighted by Gasteiger charge is -2.29. The molecule has 1 aromatic heterocycles. The standard InChI is InChI=1S/C24H29N3O2S2/c1-2-19-8-9-21-22(18-19)31-24(25-21)27(12-11-26-13-15-29-16-14-26)23(28)10-17-30-20-6-4-3-5-7-20/h3-9,18H,2,10-17H2,1H3. The number of hydrogen-bond acceptors (Lipinski definition) is 6. The van der Waals surface area contributed by atoms with Crippen LogP contribution in [0.3, 0.4) is 0 Å². The van der Waals surface area contributed by atoms with Gasteiger partial charge in [-0.1, -0.05) is 42.5 Å². The van der Waals surface area contributed by atoms with E-state index in [2.05, 4.69) is 42.2 Å². The number of fused-ring (bicyclic) bond motifs is 1. The maximum atomic E-state index is 13.2. The van der Waals surface area contributed by atoms with Crippen molar-refractivity contribution in [3.05, 3.63) is 54.1 Å². The lowest BCUT2D eigenvalue weighted by molar-refractivity contribution is -0.118. The predicted molar refractivity (Wildman–Crippen MR) is 130 cm³/mol. The number of nitrogens with zero attached hydrogens (tertiary/aromatic N) is 3. The fraction of sp³-hybridized carbons (Fsp3) is 0.417. The van der Waals surface area contributed by atoms with Crippen molar-refractivity contribution in [2.75, 3.05) is 50.0 Å². The minimum absolute atomic E-state index is 0.145. The molecule has 0 radical (unpaired) electrons. The van der Waals surface area contributed by atoms with Crippen molar-refractivity contribution in [2.24, 2.45) is 0 Å². The number of benzene rings is 2. The highest BCUT2D eigenvalue weighted by Gasteiger charge is 2.21. The van der Waals surface area contributed by atoms with Gasteiger partial charge in [0.1, 0.15) is 0 Å². The lowest BCUT2D eigenvalue weighted by Crippen LogP contribution is -2.43. The predicted octanol–water partition coefficient (Wildman–Crippen LogP) is 4.71. The Bertz CT molecular complexity index is 987. The maximum absolute atomic E-state index is 13.2. The van der Waals surface area contributed by atoms with Gasteiger partial charge in [-0.15, -0.1) is 11.8 Å². The molecule has 1 amide bonds. The zero-order chi connectivity index (χ0) is 21.5. The third kappa shape index (κ3) is 6.07. The molecular formula is C24H29N3O2S2. The summed E-state index contributed by atoms with van der Waals surface area (Å²) in [6.07, 6.45) is 1.50. The number of aryl methyl sites for hydroxylation is 1. The van der Waals surface area contributed by atoms with E-state index >= 15 is 0 Å². The van der Waals surface area contributed by atoms with E-state index in [4.69, 9.17) is 9.72 Å². The van der Waals surface area contributed by atoms with Gasteiger partial charge in [-0.05, 0) is 36.2 Å². The summed E-state index contributed by atoms with van der Waals surface area (Å²) in [6, 6.07) is 16.7. The Kier molecular flexibility index (Phi) is 7.97. The second-order valence-electron chi connectivity index (χ2n) is 7.56. The molecule has 0 atom stereocenters. The van der Waals surface area contributed by atoms with Crippen LogP contribution in [0, 0.1) is 0 Å². The van der Waals surface area contributed by atoms with Crippen LogP contribution in [0.4, 0.5) is 5.13 Å². The van der Waals surface area contributed by atoms with Crippen LogP contribution in [0.2, 0.25) is 0 Å². The number of thioether (sulfide) groups is 1. The number of thiazole rings is 1.